The molecule has 0 bridgehead atoms. The van der Waals surface area contributed by atoms with E-state index in [1.165, 1.54) is 7.11 Å². The van der Waals surface area contributed by atoms with Crippen LogP contribution in [0.2, 0.25) is 0 Å². The van der Waals surface area contributed by atoms with Crippen molar-refractivity contribution < 1.29 is 9.53 Å². The first-order valence-corrected chi connectivity index (χ1v) is 5.54. The molecule has 2 N–H and O–H groups in total. The molecule has 0 spiro atoms. The van der Waals surface area contributed by atoms with Gasteiger partial charge < -0.3 is 15.4 Å². The van der Waals surface area contributed by atoms with Gasteiger partial charge >= 0.3 is 5.97 Å². The third-order valence-electron chi connectivity index (χ3n) is 2.76. The first-order chi connectivity index (χ1) is 8.63. The Morgan fingerprint density at radius 3 is 2.94 bits per heavy atom. The lowest BCUT2D eigenvalue weighted by atomic mass is 10.1. The molecule has 0 aliphatic heterocycles. The van der Waals surface area contributed by atoms with E-state index >= 15 is 0 Å². The number of nitrogens with zero attached hydrogens (tertiary/aromatic N) is 2. The Morgan fingerprint density at radius 2 is 2.22 bits per heavy atom. The van der Waals surface area contributed by atoms with E-state index in [-0.39, 0.29) is 12.5 Å². The molecular formula is C13H15N3O2. The second-order valence-electron chi connectivity index (χ2n) is 4.01. The van der Waals surface area contributed by atoms with E-state index < -0.39 is 0 Å². The van der Waals surface area contributed by atoms with Crippen molar-refractivity contribution in [3.63, 3.8) is 0 Å². The Kier molecular flexibility index (Phi) is 3.32. The highest BCUT2D eigenvalue weighted by Crippen LogP contribution is 2.28. The van der Waals surface area contributed by atoms with Crippen LogP contribution in [0.25, 0.3) is 10.8 Å². The van der Waals surface area contributed by atoms with Gasteiger partial charge in [-0.2, -0.15) is 0 Å². The largest absolute Gasteiger partial charge is 0.468 e. The number of methoxy groups -OCH3 is 1. The first-order valence-electron chi connectivity index (χ1n) is 5.54. The standard InChI is InChI=1S/C13H15N3O2/c1-16(8-11(17)18-2)13-12-9(6-7-15-13)4-3-5-10(12)14/h3-7H,8,14H2,1-2H3. The first kappa shape index (κ1) is 12.2. The zero-order valence-electron chi connectivity index (χ0n) is 10.4. The van der Waals surface area contributed by atoms with Crippen molar-refractivity contribution in [2.45, 2.75) is 0 Å². The number of fused-ring (bicyclic) bond motifs is 1. The van der Waals surface area contributed by atoms with Gasteiger partial charge in [-0.1, -0.05) is 12.1 Å². The number of likely N-dealkylation sites (N-methyl/N-ethyl adjacent to an activating group) is 1. The van der Waals surface area contributed by atoms with Gasteiger partial charge in [0.15, 0.2) is 0 Å². The molecule has 0 aliphatic carbocycles. The molecule has 0 fully saturated rings. The maximum absolute atomic E-state index is 11.3. The number of nitrogen functional groups attached to an aromatic ring is 1. The van der Waals surface area contributed by atoms with E-state index in [1.54, 1.807) is 18.1 Å². The molecule has 0 saturated carbocycles. The number of anilines is 2. The predicted octanol–water partition coefficient (Wildman–Crippen LogP) is 1.43. The van der Waals surface area contributed by atoms with Crippen LogP contribution in [0.1, 0.15) is 0 Å². The lowest BCUT2D eigenvalue weighted by Gasteiger charge is -2.19. The molecule has 5 heteroatoms. The summed E-state index contributed by atoms with van der Waals surface area (Å²) in [6.45, 7) is 0.136. The molecule has 0 unspecified atom stereocenters. The molecule has 0 saturated heterocycles. The van der Waals surface area contributed by atoms with Gasteiger partial charge in [-0.3, -0.25) is 4.79 Å². The van der Waals surface area contributed by atoms with Crippen LogP contribution in [0.15, 0.2) is 30.5 Å². The van der Waals surface area contributed by atoms with Gasteiger partial charge in [0.25, 0.3) is 0 Å². The minimum absolute atomic E-state index is 0.136. The lowest BCUT2D eigenvalue weighted by molar-refractivity contribution is -0.138. The number of rotatable bonds is 3. The highest BCUT2D eigenvalue weighted by Gasteiger charge is 2.13. The fraction of sp³-hybridized carbons (Fsp3) is 0.231. The molecule has 0 radical (unpaired) electrons. The van der Waals surface area contributed by atoms with Crippen molar-refractivity contribution in [3.05, 3.63) is 30.5 Å². The molecule has 18 heavy (non-hydrogen) atoms. The second kappa shape index (κ2) is 4.91. The predicted molar refractivity (Wildman–Crippen MR) is 71.4 cm³/mol. The summed E-state index contributed by atoms with van der Waals surface area (Å²) in [7, 11) is 3.15. The molecule has 0 amide bonds. The van der Waals surface area contributed by atoms with Gasteiger partial charge in [0, 0.05) is 24.3 Å². The second-order valence-corrected chi connectivity index (χ2v) is 4.01. The zero-order chi connectivity index (χ0) is 13.1. The molecule has 1 aromatic heterocycles. The quantitative estimate of drug-likeness (QED) is 0.654. The van der Waals surface area contributed by atoms with Crippen LogP contribution in [0.5, 0.6) is 0 Å². The van der Waals surface area contributed by atoms with Crippen molar-refractivity contribution in [1.82, 2.24) is 4.98 Å². The Morgan fingerprint density at radius 1 is 1.44 bits per heavy atom. The summed E-state index contributed by atoms with van der Waals surface area (Å²) in [6.07, 6.45) is 1.70. The van der Waals surface area contributed by atoms with Crippen LogP contribution < -0.4 is 10.6 Å². The van der Waals surface area contributed by atoms with Gasteiger partial charge in [-0.05, 0) is 17.5 Å². The molecule has 1 heterocycles. The number of esters is 1. The number of pyridine rings is 1. The summed E-state index contributed by atoms with van der Waals surface area (Å²) in [6, 6.07) is 7.56. The van der Waals surface area contributed by atoms with Crippen LogP contribution in [-0.2, 0) is 9.53 Å². The number of hydrogen-bond acceptors (Lipinski definition) is 5. The Balaban J connectivity index is 2.47. The molecule has 0 aliphatic rings. The SMILES string of the molecule is COC(=O)CN(C)c1nccc2cccc(N)c12. The highest BCUT2D eigenvalue weighted by molar-refractivity contribution is 6.01. The molecule has 1 aromatic carbocycles. The third-order valence-corrected chi connectivity index (χ3v) is 2.76. The third kappa shape index (κ3) is 2.20. The van der Waals surface area contributed by atoms with Crippen molar-refractivity contribution in [2.24, 2.45) is 0 Å². The summed E-state index contributed by atoms with van der Waals surface area (Å²) < 4.78 is 4.65. The number of benzene rings is 1. The normalized spacial score (nSPS) is 10.3. The van der Waals surface area contributed by atoms with Crippen LogP contribution in [0, 0.1) is 0 Å². The number of hydrogen-bond donors (Lipinski definition) is 1. The van der Waals surface area contributed by atoms with Crippen LogP contribution in [0.4, 0.5) is 11.5 Å². The lowest BCUT2D eigenvalue weighted by Crippen LogP contribution is -2.27. The monoisotopic (exact) mass is 245 g/mol. The average molecular weight is 245 g/mol. The van der Waals surface area contributed by atoms with E-state index in [0.29, 0.717) is 11.5 Å². The zero-order valence-corrected chi connectivity index (χ0v) is 10.4. The van der Waals surface area contributed by atoms with Crippen molar-refractivity contribution in [1.29, 1.82) is 0 Å². The number of carbonyl (C=O) groups excluding carboxylic acids is 1. The van der Waals surface area contributed by atoms with Crippen LogP contribution in [0.3, 0.4) is 0 Å². The van der Waals surface area contributed by atoms with Gasteiger partial charge in [0.2, 0.25) is 0 Å². The summed E-state index contributed by atoms with van der Waals surface area (Å²) in [4.78, 5) is 17.3. The summed E-state index contributed by atoms with van der Waals surface area (Å²) in [5, 5.41) is 1.85. The minimum atomic E-state index is -0.314. The van der Waals surface area contributed by atoms with E-state index in [1.807, 2.05) is 24.3 Å². The fourth-order valence-electron chi connectivity index (χ4n) is 1.86. The van der Waals surface area contributed by atoms with Crippen molar-refractivity contribution in [3.8, 4) is 0 Å². The fourth-order valence-corrected chi connectivity index (χ4v) is 1.86. The molecule has 2 aromatic rings. The Bertz CT molecular complexity index is 578. The molecule has 0 atom stereocenters. The summed E-state index contributed by atoms with van der Waals surface area (Å²) in [5.41, 5.74) is 6.62. The maximum atomic E-state index is 11.3. The van der Waals surface area contributed by atoms with E-state index in [2.05, 4.69) is 9.72 Å². The molecular weight excluding hydrogens is 230 g/mol. The number of aromatic nitrogens is 1. The van der Waals surface area contributed by atoms with Gasteiger partial charge in [-0.15, -0.1) is 0 Å². The van der Waals surface area contributed by atoms with Gasteiger partial charge in [0.05, 0.1) is 7.11 Å². The topological polar surface area (TPSA) is 68.5 Å². The van der Waals surface area contributed by atoms with E-state index in [4.69, 9.17) is 5.73 Å². The Labute approximate surface area is 105 Å². The Hall–Kier alpha value is -2.30. The smallest absolute Gasteiger partial charge is 0.325 e. The maximum Gasteiger partial charge on any atom is 0.325 e. The minimum Gasteiger partial charge on any atom is -0.468 e. The molecule has 2 rings (SSSR count). The van der Waals surface area contributed by atoms with Crippen molar-refractivity contribution >= 4 is 28.2 Å². The van der Waals surface area contributed by atoms with Crippen LogP contribution >= 0.6 is 0 Å². The summed E-state index contributed by atoms with van der Waals surface area (Å²) in [5.74, 6) is 0.363. The average Bonchev–Trinajstić information content (AvgIpc) is 2.38. The molecule has 94 valence electrons. The highest BCUT2D eigenvalue weighted by atomic mass is 16.5. The molecule has 5 nitrogen and oxygen atoms in total. The summed E-state index contributed by atoms with van der Waals surface area (Å²) >= 11 is 0. The van der Waals surface area contributed by atoms with Crippen LogP contribution in [-0.4, -0.2) is 31.7 Å². The van der Waals surface area contributed by atoms with E-state index in [9.17, 15) is 4.79 Å². The van der Waals surface area contributed by atoms with E-state index in [0.717, 1.165) is 10.8 Å². The van der Waals surface area contributed by atoms with Crippen molar-refractivity contribution in [2.75, 3.05) is 31.3 Å². The van der Waals surface area contributed by atoms with Gasteiger partial charge in [-0.25, -0.2) is 4.98 Å². The van der Waals surface area contributed by atoms with Gasteiger partial charge in [0.1, 0.15) is 12.4 Å². The number of ether oxygens (including phenoxy) is 1. The number of nitrogens with two attached hydrogens (primary N) is 1. The number of carbonyl (C=O) groups is 1.